The van der Waals surface area contributed by atoms with Gasteiger partial charge in [-0.3, -0.25) is 0 Å². The molecule has 0 aliphatic carbocycles. The highest BCUT2D eigenvalue weighted by Crippen LogP contribution is 2.24. The number of hydrogen-bond acceptors (Lipinski definition) is 5. The maximum atomic E-state index is 11.2. The molecule has 0 atom stereocenters. The van der Waals surface area contributed by atoms with Crippen LogP contribution in [-0.4, -0.2) is 38.0 Å². The minimum atomic E-state index is -2.79. The van der Waals surface area contributed by atoms with E-state index in [2.05, 4.69) is 20.9 Å². The smallest absolute Gasteiger partial charge is 0.186 e. The summed E-state index contributed by atoms with van der Waals surface area (Å²) in [6.45, 7) is 1.12. The van der Waals surface area contributed by atoms with Crippen LogP contribution in [0.3, 0.4) is 0 Å². The van der Waals surface area contributed by atoms with E-state index in [1.165, 1.54) is 11.3 Å². The van der Waals surface area contributed by atoms with Crippen molar-refractivity contribution in [2.75, 3.05) is 29.5 Å². The number of hydrogen-bond donors (Lipinski definition) is 0. The number of halogens is 1. The summed E-state index contributed by atoms with van der Waals surface area (Å²) in [4.78, 5) is 6.26. The summed E-state index contributed by atoms with van der Waals surface area (Å²) >= 11 is 4.80. The monoisotopic (exact) mass is 296 g/mol. The van der Waals surface area contributed by atoms with E-state index in [-0.39, 0.29) is 11.5 Å². The highest BCUT2D eigenvalue weighted by atomic mass is 79.9. The molecular weight excluding hydrogens is 288 g/mol. The summed E-state index contributed by atoms with van der Waals surface area (Å²) in [6.07, 6.45) is 0. The summed E-state index contributed by atoms with van der Waals surface area (Å²) in [7, 11) is -2.79. The van der Waals surface area contributed by atoms with Gasteiger partial charge < -0.3 is 4.90 Å². The highest BCUT2D eigenvalue weighted by Gasteiger charge is 2.23. The number of rotatable bonds is 1. The van der Waals surface area contributed by atoms with Gasteiger partial charge in [-0.15, -0.1) is 11.3 Å². The molecule has 1 fully saturated rings. The predicted octanol–water partition coefficient (Wildman–Crippen LogP) is 1.14. The van der Waals surface area contributed by atoms with Gasteiger partial charge in [-0.1, -0.05) is 0 Å². The number of sulfone groups is 1. The fourth-order valence-electron chi connectivity index (χ4n) is 1.29. The molecule has 2 rings (SSSR count). The zero-order valence-electron chi connectivity index (χ0n) is 7.31. The van der Waals surface area contributed by atoms with Gasteiger partial charge in [-0.05, 0) is 15.9 Å². The highest BCUT2D eigenvalue weighted by molar-refractivity contribution is 9.10. The van der Waals surface area contributed by atoms with E-state index < -0.39 is 9.84 Å². The number of nitrogens with zero attached hydrogens (tertiary/aromatic N) is 2. The molecule has 4 nitrogen and oxygen atoms in total. The van der Waals surface area contributed by atoms with E-state index in [1.807, 2.05) is 10.3 Å². The van der Waals surface area contributed by atoms with Gasteiger partial charge in [0.1, 0.15) is 4.60 Å². The van der Waals surface area contributed by atoms with Crippen molar-refractivity contribution < 1.29 is 8.42 Å². The number of aromatic nitrogens is 1. The van der Waals surface area contributed by atoms with Gasteiger partial charge in [-0.2, -0.15) is 0 Å². The van der Waals surface area contributed by atoms with Crippen molar-refractivity contribution in [3.63, 3.8) is 0 Å². The number of anilines is 1. The zero-order chi connectivity index (χ0) is 10.2. The van der Waals surface area contributed by atoms with Crippen molar-refractivity contribution in [1.82, 2.24) is 4.98 Å². The lowest BCUT2D eigenvalue weighted by atomic mass is 10.5. The molecule has 0 amide bonds. The molecule has 7 heteroatoms. The van der Waals surface area contributed by atoms with Crippen LogP contribution in [0, 0.1) is 0 Å². The van der Waals surface area contributed by atoms with Crippen LogP contribution in [0.15, 0.2) is 9.98 Å². The Balaban J connectivity index is 2.09. The maximum absolute atomic E-state index is 11.2. The first-order chi connectivity index (χ1) is 6.57. The molecule has 0 saturated carbocycles. The van der Waals surface area contributed by atoms with E-state index in [0.29, 0.717) is 13.1 Å². The molecule has 1 aromatic heterocycles. The molecule has 0 unspecified atom stereocenters. The standard InChI is InChI=1S/C7H9BrN2O2S2/c8-6-5-13-7(9-6)10-1-3-14(11,12)4-2-10/h5H,1-4H2. The summed E-state index contributed by atoms with van der Waals surface area (Å²) in [5.41, 5.74) is 0. The van der Waals surface area contributed by atoms with Crippen LogP contribution >= 0.6 is 27.3 Å². The van der Waals surface area contributed by atoms with Crippen LogP contribution in [-0.2, 0) is 9.84 Å². The van der Waals surface area contributed by atoms with Gasteiger partial charge in [0, 0.05) is 18.5 Å². The summed E-state index contributed by atoms with van der Waals surface area (Å²) in [5.74, 6) is 0.481. The van der Waals surface area contributed by atoms with Crippen LogP contribution in [0.1, 0.15) is 0 Å². The van der Waals surface area contributed by atoms with E-state index >= 15 is 0 Å². The third-order valence-electron chi connectivity index (χ3n) is 2.08. The lowest BCUT2D eigenvalue weighted by molar-refractivity contribution is 0.586. The van der Waals surface area contributed by atoms with Crippen molar-refractivity contribution in [3.05, 3.63) is 9.98 Å². The van der Waals surface area contributed by atoms with Gasteiger partial charge in [0.15, 0.2) is 15.0 Å². The molecular formula is C7H9BrN2O2S2. The average molecular weight is 297 g/mol. The fourth-order valence-corrected chi connectivity index (χ4v) is 3.80. The van der Waals surface area contributed by atoms with Gasteiger partial charge in [0.2, 0.25) is 0 Å². The molecule has 0 bridgehead atoms. The Kier molecular flexibility index (Phi) is 2.81. The van der Waals surface area contributed by atoms with Crippen LogP contribution in [0.4, 0.5) is 5.13 Å². The fraction of sp³-hybridized carbons (Fsp3) is 0.571. The first-order valence-corrected chi connectivity index (χ1v) is 7.63. The van der Waals surface area contributed by atoms with Crippen molar-refractivity contribution in [2.45, 2.75) is 0 Å². The Morgan fingerprint density at radius 1 is 1.43 bits per heavy atom. The Hall–Kier alpha value is -0.140. The second kappa shape index (κ2) is 3.79. The SMILES string of the molecule is O=S1(=O)CCN(c2nc(Br)cs2)CC1. The summed E-state index contributed by atoms with van der Waals surface area (Å²) in [5, 5.41) is 2.80. The predicted molar refractivity (Wildman–Crippen MR) is 60.7 cm³/mol. The minimum Gasteiger partial charge on any atom is -0.346 e. The third kappa shape index (κ3) is 2.26. The molecule has 0 spiro atoms. The maximum Gasteiger partial charge on any atom is 0.186 e. The first kappa shape index (κ1) is 10.4. The molecule has 2 heterocycles. The number of thiazole rings is 1. The molecule has 1 saturated heterocycles. The summed E-state index contributed by atoms with van der Waals surface area (Å²) in [6, 6.07) is 0. The molecule has 78 valence electrons. The van der Waals surface area contributed by atoms with Crippen LogP contribution in [0.25, 0.3) is 0 Å². The topological polar surface area (TPSA) is 50.3 Å². The van der Waals surface area contributed by atoms with Crippen molar-refractivity contribution in [1.29, 1.82) is 0 Å². The van der Waals surface area contributed by atoms with Crippen LogP contribution < -0.4 is 4.90 Å². The van der Waals surface area contributed by atoms with E-state index in [9.17, 15) is 8.42 Å². The van der Waals surface area contributed by atoms with Crippen molar-refractivity contribution in [3.8, 4) is 0 Å². The largest absolute Gasteiger partial charge is 0.346 e. The minimum absolute atomic E-state index is 0.240. The Labute approximate surface area is 95.0 Å². The van der Waals surface area contributed by atoms with E-state index in [0.717, 1.165) is 9.73 Å². The normalized spacial score (nSPS) is 21.1. The zero-order valence-corrected chi connectivity index (χ0v) is 10.5. The Bertz CT molecular complexity index is 415. The molecule has 1 aliphatic rings. The Morgan fingerprint density at radius 3 is 2.57 bits per heavy atom. The van der Waals surface area contributed by atoms with Crippen molar-refractivity contribution >= 4 is 42.2 Å². The lowest BCUT2D eigenvalue weighted by Crippen LogP contribution is -2.40. The third-order valence-corrected chi connectivity index (χ3v) is 5.30. The first-order valence-electron chi connectivity index (χ1n) is 4.13. The molecule has 14 heavy (non-hydrogen) atoms. The Morgan fingerprint density at radius 2 is 2.07 bits per heavy atom. The molecule has 0 radical (unpaired) electrons. The molecule has 1 aliphatic heterocycles. The quantitative estimate of drug-likeness (QED) is 0.780. The average Bonchev–Trinajstić information content (AvgIpc) is 2.52. The van der Waals surface area contributed by atoms with Crippen LogP contribution in [0.2, 0.25) is 0 Å². The molecule has 1 aromatic rings. The van der Waals surface area contributed by atoms with Gasteiger partial charge in [-0.25, -0.2) is 13.4 Å². The second-order valence-corrected chi connectivity index (χ2v) is 7.04. The molecule has 0 aromatic carbocycles. The van der Waals surface area contributed by atoms with E-state index in [4.69, 9.17) is 0 Å². The molecule has 0 N–H and O–H groups in total. The summed E-state index contributed by atoms with van der Waals surface area (Å²) < 4.78 is 23.2. The lowest BCUT2D eigenvalue weighted by Gasteiger charge is -2.25. The van der Waals surface area contributed by atoms with Crippen molar-refractivity contribution in [2.24, 2.45) is 0 Å². The van der Waals surface area contributed by atoms with Gasteiger partial charge in [0.25, 0.3) is 0 Å². The van der Waals surface area contributed by atoms with E-state index in [1.54, 1.807) is 0 Å². The van der Waals surface area contributed by atoms with Crippen LogP contribution in [0.5, 0.6) is 0 Å². The van der Waals surface area contributed by atoms with Gasteiger partial charge in [0.05, 0.1) is 11.5 Å². The van der Waals surface area contributed by atoms with Gasteiger partial charge >= 0.3 is 0 Å². The second-order valence-electron chi connectivity index (χ2n) is 3.09.